The standard InChI is InChI=1S/C28H24N2O2/c1-28(22-14-7-3-8-15-22,23-16-9-4-10-17-23)27(32)30-25-19-11-18-24(20-25)29-26(31)21-12-5-2-6-13-21/h2-20H,1H3,(H,29,31)(H,30,32). The van der Waals surface area contributed by atoms with Crippen LogP contribution in [0.4, 0.5) is 11.4 Å². The van der Waals surface area contributed by atoms with E-state index in [4.69, 9.17) is 0 Å². The van der Waals surface area contributed by atoms with Crippen LogP contribution in [0.25, 0.3) is 0 Å². The summed E-state index contributed by atoms with van der Waals surface area (Å²) < 4.78 is 0. The molecular weight excluding hydrogens is 396 g/mol. The van der Waals surface area contributed by atoms with Crippen molar-refractivity contribution in [2.75, 3.05) is 10.6 Å². The van der Waals surface area contributed by atoms with E-state index in [0.717, 1.165) is 11.1 Å². The van der Waals surface area contributed by atoms with Crippen molar-refractivity contribution in [1.82, 2.24) is 0 Å². The summed E-state index contributed by atoms with van der Waals surface area (Å²) in [6, 6.07) is 35.6. The van der Waals surface area contributed by atoms with Gasteiger partial charge in [-0.2, -0.15) is 0 Å². The quantitative estimate of drug-likeness (QED) is 0.409. The second-order valence-corrected chi connectivity index (χ2v) is 7.71. The van der Waals surface area contributed by atoms with E-state index < -0.39 is 5.41 Å². The first-order chi connectivity index (χ1) is 15.6. The first-order valence-electron chi connectivity index (χ1n) is 10.5. The van der Waals surface area contributed by atoms with Crippen LogP contribution in [0.2, 0.25) is 0 Å². The van der Waals surface area contributed by atoms with Crippen LogP contribution in [0.1, 0.15) is 28.4 Å². The van der Waals surface area contributed by atoms with Gasteiger partial charge in [0.25, 0.3) is 5.91 Å². The van der Waals surface area contributed by atoms with E-state index in [-0.39, 0.29) is 11.8 Å². The van der Waals surface area contributed by atoms with E-state index in [1.807, 2.05) is 91.9 Å². The molecule has 158 valence electrons. The maximum absolute atomic E-state index is 13.6. The van der Waals surface area contributed by atoms with Gasteiger partial charge in [0, 0.05) is 16.9 Å². The number of hydrogen-bond acceptors (Lipinski definition) is 2. The van der Waals surface area contributed by atoms with Gasteiger partial charge in [0.15, 0.2) is 0 Å². The van der Waals surface area contributed by atoms with Crippen molar-refractivity contribution in [2.24, 2.45) is 0 Å². The van der Waals surface area contributed by atoms with Gasteiger partial charge in [-0.3, -0.25) is 9.59 Å². The van der Waals surface area contributed by atoms with Crippen molar-refractivity contribution in [1.29, 1.82) is 0 Å². The van der Waals surface area contributed by atoms with Crippen LogP contribution >= 0.6 is 0 Å². The van der Waals surface area contributed by atoms with Gasteiger partial charge in [0.1, 0.15) is 0 Å². The zero-order valence-corrected chi connectivity index (χ0v) is 17.8. The first kappa shape index (κ1) is 21.1. The molecule has 2 amide bonds. The van der Waals surface area contributed by atoms with Gasteiger partial charge in [-0.1, -0.05) is 84.9 Å². The summed E-state index contributed by atoms with van der Waals surface area (Å²) in [5.41, 5.74) is 2.71. The Kier molecular flexibility index (Phi) is 6.13. The second kappa shape index (κ2) is 9.31. The fraction of sp³-hybridized carbons (Fsp3) is 0.0714. The third-order valence-electron chi connectivity index (χ3n) is 5.57. The smallest absolute Gasteiger partial charge is 0.255 e. The zero-order chi connectivity index (χ0) is 22.4. The van der Waals surface area contributed by atoms with Gasteiger partial charge in [-0.15, -0.1) is 0 Å². The third kappa shape index (κ3) is 4.44. The van der Waals surface area contributed by atoms with E-state index in [1.165, 1.54) is 0 Å². The predicted molar refractivity (Wildman–Crippen MR) is 129 cm³/mol. The highest BCUT2D eigenvalue weighted by Gasteiger charge is 2.37. The Morgan fingerprint density at radius 1 is 0.594 bits per heavy atom. The highest BCUT2D eigenvalue weighted by Crippen LogP contribution is 2.33. The Balaban J connectivity index is 1.59. The normalized spacial score (nSPS) is 10.9. The molecular formula is C28H24N2O2. The monoisotopic (exact) mass is 420 g/mol. The molecule has 4 rings (SSSR count). The highest BCUT2D eigenvalue weighted by atomic mass is 16.2. The van der Waals surface area contributed by atoms with E-state index >= 15 is 0 Å². The zero-order valence-electron chi connectivity index (χ0n) is 17.8. The number of nitrogens with one attached hydrogen (secondary N) is 2. The number of hydrogen-bond donors (Lipinski definition) is 2. The summed E-state index contributed by atoms with van der Waals surface area (Å²) in [5, 5.41) is 5.93. The molecule has 0 radical (unpaired) electrons. The van der Waals surface area contributed by atoms with Crippen LogP contribution in [0.3, 0.4) is 0 Å². The molecule has 0 aliphatic rings. The maximum atomic E-state index is 13.6. The van der Waals surface area contributed by atoms with Gasteiger partial charge in [0.2, 0.25) is 5.91 Å². The van der Waals surface area contributed by atoms with Crippen molar-refractivity contribution >= 4 is 23.2 Å². The van der Waals surface area contributed by atoms with E-state index in [0.29, 0.717) is 16.9 Å². The van der Waals surface area contributed by atoms with Crippen LogP contribution < -0.4 is 10.6 Å². The Morgan fingerprint density at radius 3 is 1.59 bits per heavy atom. The molecule has 32 heavy (non-hydrogen) atoms. The lowest BCUT2D eigenvalue weighted by Gasteiger charge is -2.29. The van der Waals surface area contributed by atoms with Crippen molar-refractivity contribution in [2.45, 2.75) is 12.3 Å². The molecule has 0 saturated heterocycles. The predicted octanol–water partition coefficient (Wildman–Crippen LogP) is 5.88. The Morgan fingerprint density at radius 2 is 1.06 bits per heavy atom. The van der Waals surface area contributed by atoms with Gasteiger partial charge >= 0.3 is 0 Å². The molecule has 0 aliphatic heterocycles. The summed E-state index contributed by atoms with van der Waals surface area (Å²) in [6.45, 7) is 1.92. The van der Waals surface area contributed by atoms with E-state index in [9.17, 15) is 9.59 Å². The van der Waals surface area contributed by atoms with Crippen LogP contribution in [0, 0.1) is 0 Å². The van der Waals surface area contributed by atoms with Gasteiger partial charge < -0.3 is 10.6 Å². The SMILES string of the molecule is CC(C(=O)Nc1cccc(NC(=O)c2ccccc2)c1)(c1ccccc1)c1ccccc1. The number of anilines is 2. The van der Waals surface area contributed by atoms with Gasteiger partial charge in [-0.25, -0.2) is 0 Å². The molecule has 0 bridgehead atoms. The first-order valence-corrected chi connectivity index (χ1v) is 10.5. The highest BCUT2D eigenvalue weighted by molar-refractivity contribution is 6.05. The van der Waals surface area contributed by atoms with Crippen LogP contribution in [-0.4, -0.2) is 11.8 Å². The van der Waals surface area contributed by atoms with Crippen LogP contribution in [0.15, 0.2) is 115 Å². The summed E-state index contributed by atoms with van der Waals surface area (Å²) in [4.78, 5) is 26.1. The van der Waals surface area contributed by atoms with Crippen LogP contribution in [0.5, 0.6) is 0 Å². The number of carbonyl (C=O) groups excluding carboxylic acids is 2. The molecule has 0 spiro atoms. The number of amides is 2. The fourth-order valence-corrected chi connectivity index (χ4v) is 3.70. The molecule has 0 aliphatic carbocycles. The Labute approximate surface area is 187 Å². The van der Waals surface area contributed by atoms with Crippen molar-refractivity contribution in [3.05, 3.63) is 132 Å². The fourth-order valence-electron chi connectivity index (χ4n) is 3.70. The molecule has 0 unspecified atom stereocenters. The topological polar surface area (TPSA) is 58.2 Å². The molecule has 0 aromatic heterocycles. The van der Waals surface area contributed by atoms with Crippen molar-refractivity contribution in [3.8, 4) is 0 Å². The molecule has 0 fully saturated rings. The van der Waals surface area contributed by atoms with Gasteiger partial charge in [0.05, 0.1) is 5.41 Å². The Hall–Kier alpha value is -4.18. The summed E-state index contributed by atoms with van der Waals surface area (Å²) in [5.74, 6) is -0.353. The lowest BCUT2D eigenvalue weighted by atomic mass is 9.75. The van der Waals surface area contributed by atoms with Crippen molar-refractivity contribution in [3.63, 3.8) is 0 Å². The summed E-state index contributed by atoms with van der Waals surface area (Å²) in [7, 11) is 0. The summed E-state index contributed by atoms with van der Waals surface area (Å²) >= 11 is 0. The molecule has 4 aromatic carbocycles. The van der Waals surface area contributed by atoms with Crippen LogP contribution in [-0.2, 0) is 10.2 Å². The van der Waals surface area contributed by atoms with Crippen molar-refractivity contribution < 1.29 is 9.59 Å². The van der Waals surface area contributed by atoms with Gasteiger partial charge in [-0.05, 0) is 48.4 Å². The van der Waals surface area contributed by atoms with E-state index in [2.05, 4.69) is 10.6 Å². The average molecular weight is 421 g/mol. The molecule has 4 aromatic rings. The Bertz CT molecular complexity index is 1170. The average Bonchev–Trinajstić information content (AvgIpc) is 2.85. The second-order valence-electron chi connectivity index (χ2n) is 7.71. The number of carbonyl (C=O) groups is 2. The molecule has 4 heteroatoms. The summed E-state index contributed by atoms with van der Waals surface area (Å²) in [6.07, 6.45) is 0. The lowest BCUT2D eigenvalue weighted by Crippen LogP contribution is -2.38. The lowest BCUT2D eigenvalue weighted by molar-refractivity contribution is -0.119. The molecule has 0 saturated carbocycles. The minimum Gasteiger partial charge on any atom is -0.325 e. The number of benzene rings is 4. The minimum atomic E-state index is -0.883. The largest absolute Gasteiger partial charge is 0.325 e. The third-order valence-corrected chi connectivity index (χ3v) is 5.57. The maximum Gasteiger partial charge on any atom is 0.255 e. The molecule has 4 nitrogen and oxygen atoms in total. The van der Waals surface area contributed by atoms with E-state index in [1.54, 1.807) is 30.3 Å². The molecule has 0 heterocycles. The minimum absolute atomic E-state index is 0.151. The molecule has 2 N–H and O–H groups in total. The molecule has 0 atom stereocenters. The number of rotatable bonds is 6.